The molecule has 21 heavy (non-hydrogen) atoms. The van der Waals surface area contributed by atoms with Crippen LogP contribution in [0.25, 0.3) is 0 Å². The van der Waals surface area contributed by atoms with Crippen LogP contribution >= 0.6 is 11.6 Å². The zero-order valence-electron chi connectivity index (χ0n) is 11.6. The van der Waals surface area contributed by atoms with Gasteiger partial charge in [-0.3, -0.25) is 0 Å². The van der Waals surface area contributed by atoms with Crippen LogP contribution in [0.4, 0.5) is 5.69 Å². The van der Waals surface area contributed by atoms with Crippen LogP contribution in [0.5, 0.6) is 5.75 Å². The van der Waals surface area contributed by atoms with Crippen LogP contribution < -0.4 is 10.1 Å². The molecule has 4 nitrogen and oxygen atoms in total. The van der Waals surface area contributed by atoms with Gasteiger partial charge in [-0.15, -0.1) is 0 Å². The molecule has 2 aromatic carbocycles. The van der Waals surface area contributed by atoms with Crippen LogP contribution in [0.15, 0.2) is 42.5 Å². The third kappa shape index (κ3) is 4.13. The molecule has 2 rings (SSSR count). The number of carboxylic acids is 1. The van der Waals surface area contributed by atoms with Gasteiger partial charge >= 0.3 is 5.97 Å². The standard InChI is InChI=1S/C16H16ClNO3/c1-21-13-6-7-14(16(19)20)15(10-13)18-9-8-11-2-4-12(17)5-3-11/h2-7,10,18H,8-9H2,1H3,(H,19,20). The number of methoxy groups -OCH3 is 1. The normalized spacial score (nSPS) is 10.2. The van der Waals surface area contributed by atoms with Crippen molar-refractivity contribution in [2.45, 2.75) is 6.42 Å². The minimum Gasteiger partial charge on any atom is -0.497 e. The van der Waals surface area contributed by atoms with E-state index >= 15 is 0 Å². The van der Waals surface area contributed by atoms with Crippen LogP contribution in [0.2, 0.25) is 5.02 Å². The largest absolute Gasteiger partial charge is 0.497 e. The van der Waals surface area contributed by atoms with Gasteiger partial charge < -0.3 is 15.2 Å². The first kappa shape index (κ1) is 15.2. The fourth-order valence-corrected chi connectivity index (χ4v) is 2.10. The lowest BCUT2D eigenvalue weighted by Gasteiger charge is -2.11. The van der Waals surface area contributed by atoms with Crippen molar-refractivity contribution in [3.8, 4) is 5.75 Å². The van der Waals surface area contributed by atoms with E-state index in [1.54, 1.807) is 19.2 Å². The molecule has 2 N–H and O–H groups in total. The number of hydrogen-bond donors (Lipinski definition) is 2. The SMILES string of the molecule is COc1ccc(C(=O)O)c(NCCc2ccc(Cl)cc2)c1. The van der Waals surface area contributed by atoms with E-state index in [0.717, 1.165) is 12.0 Å². The summed E-state index contributed by atoms with van der Waals surface area (Å²) in [4.78, 5) is 11.2. The molecule has 0 atom stereocenters. The van der Waals surface area contributed by atoms with Crippen LogP contribution in [0, 0.1) is 0 Å². The van der Waals surface area contributed by atoms with Gasteiger partial charge in [0, 0.05) is 17.6 Å². The van der Waals surface area contributed by atoms with Crippen molar-refractivity contribution in [2.75, 3.05) is 19.0 Å². The Labute approximate surface area is 128 Å². The first-order valence-electron chi connectivity index (χ1n) is 6.50. The quantitative estimate of drug-likeness (QED) is 0.854. The number of aromatic carboxylic acids is 1. The monoisotopic (exact) mass is 305 g/mol. The van der Waals surface area contributed by atoms with E-state index < -0.39 is 5.97 Å². The predicted molar refractivity (Wildman–Crippen MR) is 83.6 cm³/mol. The highest BCUT2D eigenvalue weighted by Gasteiger charge is 2.10. The van der Waals surface area contributed by atoms with E-state index in [1.165, 1.54) is 6.07 Å². The predicted octanol–water partition coefficient (Wildman–Crippen LogP) is 3.70. The van der Waals surface area contributed by atoms with Gasteiger partial charge in [-0.1, -0.05) is 23.7 Å². The number of hydrogen-bond acceptors (Lipinski definition) is 3. The highest BCUT2D eigenvalue weighted by Crippen LogP contribution is 2.22. The number of ether oxygens (including phenoxy) is 1. The molecule has 110 valence electrons. The molecule has 0 spiro atoms. The minimum atomic E-state index is -0.966. The van der Waals surface area contributed by atoms with Gasteiger partial charge in [-0.25, -0.2) is 4.79 Å². The molecular weight excluding hydrogens is 290 g/mol. The Kier molecular flexibility index (Phi) is 5.06. The fraction of sp³-hybridized carbons (Fsp3) is 0.188. The summed E-state index contributed by atoms with van der Waals surface area (Å²) in [5, 5.41) is 13.0. The molecule has 2 aromatic rings. The van der Waals surface area contributed by atoms with E-state index in [0.29, 0.717) is 23.0 Å². The Balaban J connectivity index is 2.04. The highest BCUT2D eigenvalue weighted by atomic mass is 35.5. The van der Waals surface area contributed by atoms with Gasteiger partial charge in [0.15, 0.2) is 0 Å². The van der Waals surface area contributed by atoms with E-state index in [2.05, 4.69) is 5.32 Å². The third-order valence-corrected chi connectivity index (χ3v) is 3.35. The van der Waals surface area contributed by atoms with Gasteiger partial charge in [0.1, 0.15) is 5.75 Å². The molecule has 0 saturated carbocycles. The van der Waals surface area contributed by atoms with Crippen LogP contribution in [0.1, 0.15) is 15.9 Å². The first-order chi connectivity index (χ1) is 10.1. The Bertz CT molecular complexity index is 626. The van der Waals surface area contributed by atoms with Crippen molar-refractivity contribution in [1.29, 1.82) is 0 Å². The second-order valence-electron chi connectivity index (χ2n) is 4.52. The fourth-order valence-electron chi connectivity index (χ4n) is 1.98. The van der Waals surface area contributed by atoms with Gasteiger partial charge in [0.25, 0.3) is 0 Å². The highest BCUT2D eigenvalue weighted by molar-refractivity contribution is 6.30. The summed E-state index contributed by atoms with van der Waals surface area (Å²) in [5.41, 5.74) is 1.91. The molecule has 0 heterocycles. The lowest BCUT2D eigenvalue weighted by atomic mass is 10.1. The Morgan fingerprint density at radius 3 is 2.57 bits per heavy atom. The Morgan fingerprint density at radius 1 is 1.24 bits per heavy atom. The number of halogens is 1. The molecule has 0 aliphatic rings. The number of anilines is 1. The minimum absolute atomic E-state index is 0.229. The third-order valence-electron chi connectivity index (χ3n) is 3.10. The van der Waals surface area contributed by atoms with Crippen molar-refractivity contribution in [3.05, 3.63) is 58.6 Å². The Morgan fingerprint density at radius 2 is 1.95 bits per heavy atom. The molecule has 5 heteroatoms. The smallest absolute Gasteiger partial charge is 0.337 e. The number of carboxylic acid groups (broad SMARTS) is 1. The maximum Gasteiger partial charge on any atom is 0.337 e. The summed E-state index contributed by atoms with van der Waals surface area (Å²) >= 11 is 5.84. The summed E-state index contributed by atoms with van der Waals surface area (Å²) in [5.74, 6) is -0.347. The van der Waals surface area contributed by atoms with E-state index in [1.807, 2.05) is 24.3 Å². The topological polar surface area (TPSA) is 58.6 Å². The molecular formula is C16H16ClNO3. The van der Waals surface area contributed by atoms with Gasteiger partial charge in [-0.05, 0) is 36.2 Å². The summed E-state index contributed by atoms with van der Waals surface area (Å²) in [6.45, 7) is 0.620. The number of nitrogens with one attached hydrogen (secondary N) is 1. The number of carbonyl (C=O) groups is 1. The molecule has 0 radical (unpaired) electrons. The second-order valence-corrected chi connectivity index (χ2v) is 4.96. The number of rotatable bonds is 6. The van der Waals surface area contributed by atoms with Crippen LogP contribution in [0.3, 0.4) is 0 Å². The van der Waals surface area contributed by atoms with E-state index in [9.17, 15) is 9.90 Å². The van der Waals surface area contributed by atoms with E-state index in [-0.39, 0.29) is 5.56 Å². The molecule has 0 saturated heterocycles. The molecule has 0 aromatic heterocycles. The lowest BCUT2D eigenvalue weighted by Crippen LogP contribution is -2.09. The Hall–Kier alpha value is -2.20. The van der Waals surface area contributed by atoms with Gasteiger partial charge in [-0.2, -0.15) is 0 Å². The molecule has 0 amide bonds. The van der Waals surface area contributed by atoms with Gasteiger partial charge in [0.05, 0.1) is 18.4 Å². The van der Waals surface area contributed by atoms with Crippen molar-refractivity contribution in [2.24, 2.45) is 0 Å². The van der Waals surface area contributed by atoms with Gasteiger partial charge in [0.2, 0.25) is 0 Å². The zero-order chi connectivity index (χ0) is 15.2. The molecule has 0 aliphatic carbocycles. The summed E-state index contributed by atoms with van der Waals surface area (Å²) in [6.07, 6.45) is 0.771. The summed E-state index contributed by atoms with van der Waals surface area (Å²) in [7, 11) is 1.55. The number of benzene rings is 2. The second kappa shape index (κ2) is 6.99. The van der Waals surface area contributed by atoms with Crippen molar-refractivity contribution in [1.82, 2.24) is 0 Å². The summed E-state index contributed by atoms with van der Waals surface area (Å²) in [6, 6.07) is 12.4. The maximum atomic E-state index is 11.2. The lowest BCUT2D eigenvalue weighted by molar-refractivity contribution is 0.0698. The van der Waals surface area contributed by atoms with Crippen LogP contribution in [-0.4, -0.2) is 24.7 Å². The average Bonchev–Trinajstić information content (AvgIpc) is 2.49. The molecule has 0 unspecified atom stereocenters. The van der Waals surface area contributed by atoms with E-state index in [4.69, 9.17) is 16.3 Å². The van der Waals surface area contributed by atoms with Crippen molar-refractivity contribution >= 4 is 23.3 Å². The zero-order valence-corrected chi connectivity index (χ0v) is 12.4. The first-order valence-corrected chi connectivity index (χ1v) is 6.87. The maximum absolute atomic E-state index is 11.2. The summed E-state index contributed by atoms with van der Waals surface area (Å²) < 4.78 is 5.12. The molecule has 0 aliphatic heterocycles. The average molecular weight is 306 g/mol. The van der Waals surface area contributed by atoms with Crippen molar-refractivity contribution in [3.63, 3.8) is 0 Å². The van der Waals surface area contributed by atoms with Crippen LogP contribution in [-0.2, 0) is 6.42 Å². The van der Waals surface area contributed by atoms with Crippen molar-refractivity contribution < 1.29 is 14.6 Å². The molecule has 0 fully saturated rings. The molecule has 0 bridgehead atoms.